The summed E-state index contributed by atoms with van der Waals surface area (Å²) < 4.78 is 0. The van der Waals surface area contributed by atoms with Gasteiger partial charge in [-0.1, -0.05) is 95.2 Å². The Bertz CT molecular complexity index is 1060. The summed E-state index contributed by atoms with van der Waals surface area (Å²) in [6, 6.07) is 8.33. The maximum atomic E-state index is 10.9. The first-order valence-electron chi connectivity index (χ1n) is 13.5. The summed E-state index contributed by atoms with van der Waals surface area (Å²) in [6.07, 6.45) is 4.36. The number of aromatic hydroxyl groups is 2. The molecular formula is C34H53CoN2O2-. The standard InChI is InChI=1S/C33H50N2O2.CH3.Co/c1-30(2,3)24-16-22(28(36)26(18-24)32(7,8)9)20-34-14-13-15-35-21-23-17-25(31(4,5)6)19-27(29(23)37)33(10,11)12;;/h16-21,36-37H,13-15H2,1-12H3;1H3;/q;-1;. The molecule has 0 spiro atoms. The van der Waals surface area contributed by atoms with Crippen molar-refractivity contribution in [3.8, 4) is 11.5 Å². The van der Waals surface area contributed by atoms with Gasteiger partial charge < -0.3 is 17.6 Å². The molecule has 0 bridgehead atoms. The van der Waals surface area contributed by atoms with Gasteiger partial charge in [0.15, 0.2) is 0 Å². The predicted octanol–water partition coefficient (Wildman–Crippen LogP) is 8.66. The van der Waals surface area contributed by atoms with Gasteiger partial charge >= 0.3 is 0 Å². The summed E-state index contributed by atoms with van der Waals surface area (Å²) in [5.74, 6) is 0.622. The van der Waals surface area contributed by atoms with Crippen molar-refractivity contribution < 1.29 is 27.0 Å². The molecule has 1 radical (unpaired) electrons. The van der Waals surface area contributed by atoms with Crippen molar-refractivity contribution in [2.45, 2.75) is 111 Å². The summed E-state index contributed by atoms with van der Waals surface area (Å²) in [5.41, 5.74) is 5.43. The molecule has 221 valence electrons. The molecule has 0 aliphatic carbocycles. The van der Waals surface area contributed by atoms with Crippen LogP contribution in [0.2, 0.25) is 0 Å². The van der Waals surface area contributed by atoms with Crippen molar-refractivity contribution in [1.82, 2.24) is 0 Å². The molecule has 0 unspecified atom stereocenters. The van der Waals surface area contributed by atoms with E-state index in [9.17, 15) is 10.2 Å². The van der Waals surface area contributed by atoms with E-state index in [-0.39, 0.29) is 45.9 Å². The van der Waals surface area contributed by atoms with Crippen molar-refractivity contribution in [2.24, 2.45) is 9.98 Å². The number of rotatable bonds is 6. The van der Waals surface area contributed by atoms with E-state index in [0.717, 1.165) is 28.7 Å². The van der Waals surface area contributed by atoms with Gasteiger partial charge in [0.05, 0.1) is 0 Å². The Morgan fingerprint density at radius 2 is 0.872 bits per heavy atom. The maximum absolute atomic E-state index is 10.9. The largest absolute Gasteiger partial charge is 0.507 e. The van der Waals surface area contributed by atoms with Crippen LogP contribution in [0.25, 0.3) is 0 Å². The number of hydrogen-bond donors (Lipinski definition) is 2. The zero-order valence-electron chi connectivity index (χ0n) is 26.7. The van der Waals surface area contributed by atoms with E-state index in [1.807, 2.05) is 12.1 Å². The molecule has 0 amide bonds. The second-order valence-corrected chi connectivity index (χ2v) is 14.3. The second kappa shape index (κ2) is 13.5. The van der Waals surface area contributed by atoms with Crippen molar-refractivity contribution >= 4 is 12.4 Å². The van der Waals surface area contributed by atoms with Crippen LogP contribution in [0.15, 0.2) is 34.3 Å². The molecule has 2 N–H and O–H groups in total. The molecule has 0 heterocycles. The number of phenols is 2. The minimum Gasteiger partial charge on any atom is -0.507 e. The zero-order valence-corrected chi connectivity index (χ0v) is 27.7. The first kappa shape index (κ1) is 36.9. The molecule has 0 aromatic heterocycles. The quantitative estimate of drug-likeness (QED) is 0.204. The Hall–Kier alpha value is -2.11. The van der Waals surface area contributed by atoms with Gasteiger partial charge in [-0.05, 0) is 51.3 Å². The van der Waals surface area contributed by atoms with Crippen LogP contribution < -0.4 is 0 Å². The van der Waals surface area contributed by atoms with Gasteiger partial charge in [0.1, 0.15) is 11.5 Å². The first-order valence-corrected chi connectivity index (χ1v) is 13.5. The van der Waals surface area contributed by atoms with Gasteiger partial charge in [0.2, 0.25) is 0 Å². The summed E-state index contributed by atoms with van der Waals surface area (Å²) in [7, 11) is 0. The molecule has 39 heavy (non-hydrogen) atoms. The number of hydrogen-bond acceptors (Lipinski definition) is 4. The average molecular weight is 581 g/mol. The molecule has 2 rings (SSSR count). The number of aliphatic imine (C=N–C) groups is 2. The average Bonchev–Trinajstić information content (AvgIpc) is 2.71. The summed E-state index contributed by atoms with van der Waals surface area (Å²) in [6.45, 7) is 27.0. The smallest absolute Gasteiger partial charge is 0.128 e. The predicted molar refractivity (Wildman–Crippen MR) is 167 cm³/mol. The monoisotopic (exact) mass is 580 g/mol. The summed E-state index contributed by atoms with van der Waals surface area (Å²) in [4.78, 5) is 9.19. The van der Waals surface area contributed by atoms with E-state index >= 15 is 0 Å². The minimum atomic E-state index is -0.161. The third-order valence-electron chi connectivity index (χ3n) is 6.66. The molecule has 0 aliphatic rings. The van der Waals surface area contributed by atoms with E-state index in [1.54, 1.807) is 12.4 Å². The number of nitrogens with zero attached hydrogens (tertiary/aromatic N) is 2. The van der Waals surface area contributed by atoms with Gasteiger partial charge in [0.25, 0.3) is 0 Å². The van der Waals surface area contributed by atoms with Gasteiger partial charge in [-0.15, -0.1) is 0 Å². The number of benzene rings is 2. The van der Waals surface area contributed by atoms with Gasteiger partial charge in [-0.25, -0.2) is 0 Å². The molecule has 2 aromatic rings. The Morgan fingerprint density at radius 3 is 1.13 bits per heavy atom. The van der Waals surface area contributed by atoms with Gasteiger partial charge in [-0.3, -0.25) is 9.98 Å². The normalized spacial score (nSPS) is 13.0. The topological polar surface area (TPSA) is 65.2 Å². The van der Waals surface area contributed by atoms with Crippen LogP contribution in [0.4, 0.5) is 0 Å². The van der Waals surface area contributed by atoms with Crippen LogP contribution in [0.1, 0.15) is 123 Å². The van der Waals surface area contributed by atoms with Crippen LogP contribution in [-0.4, -0.2) is 35.7 Å². The molecule has 5 heteroatoms. The van der Waals surface area contributed by atoms with E-state index in [2.05, 4.69) is 105 Å². The van der Waals surface area contributed by atoms with Crippen molar-refractivity contribution in [2.75, 3.05) is 13.1 Å². The second-order valence-electron chi connectivity index (χ2n) is 14.3. The van der Waals surface area contributed by atoms with Crippen molar-refractivity contribution in [3.05, 3.63) is 65.1 Å². The van der Waals surface area contributed by atoms with E-state index in [0.29, 0.717) is 24.6 Å². The molecule has 0 fully saturated rings. The Kier molecular flexibility index (Phi) is 12.8. The fraction of sp³-hybridized carbons (Fsp3) is 0.559. The fourth-order valence-corrected chi connectivity index (χ4v) is 4.10. The molecule has 0 aliphatic heterocycles. The van der Waals surface area contributed by atoms with Crippen LogP contribution in [0.3, 0.4) is 0 Å². The Morgan fingerprint density at radius 1 is 0.564 bits per heavy atom. The Balaban J connectivity index is 0.00000722. The molecule has 0 saturated heterocycles. The van der Waals surface area contributed by atoms with E-state index in [4.69, 9.17) is 0 Å². The van der Waals surface area contributed by atoms with Gasteiger partial charge in [0, 0.05) is 64.6 Å². The van der Waals surface area contributed by atoms with Crippen LogP contribution in [0.5, 0.6) is 11.5 Å². The Labute approximate surface area is 249 Å². The number of phenolic OH excluding ortho intramolecular Hbond substituents is 2. The molecule has 0 saturated carbocycles. The molecule has 2 aromatic carbocycles. The third kappa shape index (κ3) is 10.1. The van der Waals surface area contributed by atoms with Crippen LogP contribution in [0, 0.1) is 7.43 Å². The zero-order chi connectivity index (χ0) is 28.4. The molecule has 4 nitrogen and oxygen atoms in total. The van der Waals surface area contributed by atoms with E-state index in [1.165, 1.54) is 11.1 Å². The van der Waals surface area contributed by atoms with Crippen LogP contribution in [-0.2, 0) is 38.4 Å². The first-order chi connectivity index (χ1) is 16.7. The summed E-state index contributed by atoms with van der Waals surface area (Å²) >= 11 is 0. The SMILES string of the molecule is CC(C)(C)c1cc(C=NCCCN=Cc2cc(C(C)(C)C)cc(C(C)(C)C)c2O)c(O)c(C(C)(C)C)c1.[CH3-].[Co]. The molecule has 0 atom stereocenters. The maximum Gasteiger partial charge on any atom is 0.128 e. The van der Waals surface area contributed by atoms with Gasteiger partial charge in [-0.2, -0.15) is 0 Å². The van der Waals surface area contributed by atoms with Crippen molar-refractivity contribution in [1.29, 1.82) is 0 Å². The summed E-state index contributed by atoms with van der Waals surface area (Å²) in [5, 5.41) is 21.9. The fourth-order valence-electron chi connectivity index (χ4n) is 4.10. The van der Waals surface area contributed by atoms with Crippen LogP contribution >= 0.6 is 0 Å². The third-order valence-corrected chi connectivity index (χ3v) is 6.66. The minimum absolute atomic E-state index is 0. The molecular weight excluding hydrogens is 527 g/mol. The van der Waals surface area contributed by atoms with E-state index < -0.39 is 0 Å². The van der Waals surface area contributed by atoms with Crippen molar-refractivity contribution in [3.63, 3.8) is 0 Å².